The molecule has 3 aliphatic carbocycles. The van der Waals surface area contributed by atoms with Crippen molar-refractivity contribution in [3.8, 4) is 0 Å². The van der Waals surface area contributed by atoms with Gasteiger partial charge in [0.05, 0.1) is 0 Å². The van der Waals surface area contributed by atoms with E-state index in [1.807, 2.05) is 0 Å². The molecule has 0 aromatic heterocycles. The maximum atomic E-state index is 2.47. The first-order chi connectivity index (χ1) is 12.4. The van der Waals surface area contributed by atoms with Gasteiger partial charge < -0.3 is 0 Å². The molecule has 0 nitrogen and oxygen atoms in total. The van der Waals surface area contributed by atoms with Crippen LogP contribution < -0.4 is 0 Å². The van der Waals surface area contributed by atoms with Gasteiger partial charge in [0.15, 0.2) is 0 Å². The second-order valence-electron chi connectivity index (χ2n) is 7.82. The van der Waals surface area contributed by atoms with Crippen LogP contribution in [0.2, 0.25) is 0 Å². The van der Waals surface area contributed by atoms with Gasteiger partial charge in [-0.15, -0.1) is 0 Å². The van der Waals surface area contributed by atoms with Crippen LogP contribution in [-0.4, -0.2) is 0 Å². The molecule has 0 N–H and O–H groups in total. The minimum Gasteiger partial charge on any atom is -0.0622 e. The van der Waals surface area contributed by atoms with Gasteiger partial charge in [0.2, 0.25) is 0 Å². The summed E-state index contributed by atoms with van der Waals surface area (Å²) in [6, 6.07) is 21.7. The standard InChI is InChI=1S/C25H24/c1-3-7-19(8-4-1)25(20-9-5-2-6-10-20)23-14-13-22(17-23)24-16-18-11-12-21(24)15-18/h1-10,13-14,17-18,21,24H,11-12,15-16H2. The Morgan fingerprint density at radius 3 is 1.96 bits per heavy atom. The second kappa shape index (κ2) is 6.19. The van der Waals surface area contributed by atoms with Crippen molar-refractivity contribution in [2.24, 2.45) is 17.8 Å². The first kappa shape index (κ1) is 15.0. The molecule has 2 aromatic rings. The molecule has 0 spiro atoms. The van der Waals surface area contributed by atoms with Crippen molar-refractivity contribution in [1.82, 2.24) is 0 Å². The van der Waals surface area contributed by atoms with Crippen molar-refractivity contribution in [2.75, 3.05) is 0 Å². The third-order valence-corrected chi connectivity index (χ3v) is 6.36. The van der Waals surface area contributed by atoms with Crippen molar-refractivity contribution in [3.05, 3.63) is 101 Å². The first-order valence-electron chi connectivity index (χ1n) is 9.63. The van der Waals surface area contributed by atoms with E-state index in [9.17, 15) is 0 Å². The van der Waals surface area contributed by atoms with Crippen molar-refractivity contribution in [3.63, 3.8) is 0 Å². The Bertz CT molecular complexity index is 810. The molecule has 0 radical (unpaired) electrons. The predicted octanol–water partition coefficient (Wildman–Crippen LogP) is 6.42. The third-order valence-electron chi connectivity index (χ3n) is 6.36. The van der Waals surface area contributed by atoms with Gasteiger partial charge in [0.25, 0.3) is 0 Å². The van der Waals surface area contributed by atoms with E-state index in [1.165, 1.54) is 48.0 Å². The fourth-order valence-corrected chi connectivity index (χ4v) is 5.21. The van der Waals surface area contributed by atoms with Gasteiger partial charge in [-0.05, 0) is 64.9 Å². The van der Waals surface area contributed by atoms with Crippen molar-refractivity contribution >= 4 is 5.57 Å². The Labute approximate surface area is 150 Å². The Balaban J connectivity index is 1.58. The Hall–Kier alpha value is -2.34. The lowest BCUT2D eigenvalue weighted by molar-refractivity contribution is 0.384. The Morgan fingerprint density at radius 2 is 1.40 bits per heavy atom. The molecule has 0 heterocycles. The molecule has 5 rings (SSSR count). The molecule has 124 valence electrons. The summed E-state index contributed by atoms with van der Waals surface area (Å²) in [5.41, 5.74) is 6.91. The lowest BCUT2D eigenvalue weighted by Gasteiger charge is -2.21. The van der Waals surface area contributed by atoms with E-state index >= 15 is 0 Å². The van der Waals surface area contributed by atoms with E-state index in [4.69, 9.17) is 0 Å². The molecule has 3 aliphatic rings. The zero-order valence-corrected chi connectivity index (χ0v) is 14.6. The zero-order chi connectivity index (χ0) is 16.6. The minimum absolute atomic E-state index is 0.806. The summed E-state index contributed by atoms with van der Waals surface area (Å²) in [5.74, 6) is 2.75. The van der Waals surface area contributed by atoms with Gasteiger partial charge in [-0.3, -0.25) is 0 Å². The van der Waals surface area contributed by atoms with E-state index in [-0.39, 0.29) is 0 Å². The molecule has 2 bridgehead atoms. The molecule has 0 amide bonds. The topological polar surface area (TPSA) is 0 Å². The summed E-state index contributed by atoms with van der Waals surface area (Å²) in [5, 5.41) is 0. The molecule has 2 saturated carbocycles. The van der Waals surface area contributed by atoms with Crippen LogP contribution in [0.25, 0.3) is 5.57 Å². The monoisotopic (exact) mass is 324 g/mol. The highest BCUT2D eigenvalue weighted by Gasteiger charge is 2.40. The van der Waals surface area contributed by atoms with Crippen LogP contribution in [0.5, 0.6) is 0 Å². The van der Waals surface area contributed by atoms with Gasteiger partial charge in [-0.1, -0.05) is 85.3 Å². The molecule has 3 unspecified atom stereocenters. The summed E-state index contributed by atoms with van der Waals surface area (Å²) >= 11 is 0. The first-order valence-corrected chi connectivity index (χ1v) is 9.63. The number of benzene rings is 2. The minimum atomic E-state index is 0.806. The van der Waals surface area contributed by atoms with E-state index in [2.05, 4.69) is 78.9 Å². The van der Waals surface area contributed by atoms with E-state index in [1.54, 1.807) is 5.57 Å². The highest BCUT2D eigenvalue weighted by molar-refractivity contribution is 5.86. The molecule has 25 heavy (non-hydrogen) atoms. The van der Waals surface area contributed by atoms with E-state index in [0.717, 1.165) is 17.8 Å². The molecule has 0 saturated heterocycles. The second-order valence-corrected chi connectivity index (χ2v) is 7.82. The molecule has 0 aliphatic heterocycles. The normalized spacial score (nSPS) is 27.0. The number of hydrogen-bond donors (Lipinski definition) is 0. The van der Waals surface area contributed by atoms with Gasteiger partial charge in [-0.25, -0.2) is 0 Å². The van der Waals surface area contributed by atoms with Crippen LogP contribution in [0.15, 0.2) is 90.0 Å². The lowest BCUT2D eigenvalue weighted by atomic mass is 9.83. The molecule has 3 atom stereocenters. The van der Waals surface area contributed by atoms with Crippen LogP contribution >= 0.6 is 0 Å². The van der Waals surface area contributed by atoms with Crippen LogP contribution in [0, 0.1) is 17.8 Å². The molecule has 2 fully saturated rings. The van der Waals surface area contributed by atoms with Crippen LogP contribution in [-0.2, 0) is 0 Å². The average Bonchev–Trinajstić information content (AvgIpc) is 3.41. The third kappa shape index (κ3) is 2.70. The van der Waals surface area contributed by atoms with Gasteiger partial charge >= 0.3 is 0 Å². The number of fused-ring (bicyclic) bond motifs is 2. The predicted molar refractivity (Wildman–Crippen MR) is 105 cm³/mol. The summed E-state index contributed by atoms with van der Waals surface area (Å²) in [7, 11) is 0. The van der Waals surface area contributed by atoms with Gasteiger partial charge in [0, 0.05) is 0 Å². The fourth-order valence-electron chi connectivity index (χ4n) is 5.21. The molecular weight excluding hydrogens is 300 g/mol. The molecule has 2 aromatic carbocycles. The Morgan fingerprint density at radius 1 is 0.720 bits per heavy atom. The van der Waals surface area contributed by atoms with E-state index in [0.29, 0.717) is 0 Å². The van der Waals surface area contributed by atoms with Crippen molar-refractivity contribution < 1.29 is 0 Å². The maximum Gasteiger partial charge on any atom is -0.00388 e. The van der Waals surface area contributed by atoms with Crippen LogP contribution in [0.3, 0.4) is 0 Å². The zero-order valence-electron chi connectivity index (χ0n) is 14.6. The Kier molecular flexibility index (Phi) is 3.70. The summed E-state index contributed by atoms with van der Waals surface area (Å²) in [6.07, 6.45) is 13.0. The fraction of sp³-hybridized carbons (Fsp3) is 0.280. The largest absolute Gasteiger partial charge is 0.0622 e. The van der Waals surface area contributed by atoms with Crippen LogP contribution in [0.1, 0.15) is 36.8 Å². The van der Waals surface area contributed by atoms with Crippen molar-refractivity contribution in [2.45, 2.75) is 25.7 Å². The van der Waals surface area contributed by atoms with Crippen molar-refractivity contribution in [1.29, 1.82) is 0 Å². The molecule has 0 heteroatoms. The lowest BCUT2D eigenvalue weighted by Crippen LogP contribution is -2.11. The quantitative estimate of drug-likeness (QED) is 0.611. The SMILES string of the molecule is C1=CC(=C(c2ccccc2)c2ccccc2)C=C1C1CC2CCC1C2. The average molecular weight is 324 g/mol. The number of allylic oxidation sites excluding steroid dienone is 5. The summed E-state index contributed by atoms with van der Waals surface area (Å²) in [4.78, 5) is 0. The number of hydrogen-bond acceptors (Lipinski definition) is 0. The highest BCUT2D eigenvalue weighted by atomic mass is 14.5. The van der Waals surface area contributed by atoms with Crippen LogP contribution in [0.4, 0.5) is 0 Å². The summed E-state index contributed by atoms with van der Waals surface area (Å²) < 4.78 is 0. The maximum absolute atomic E-state index is 2.47. The van der Waals surface area contributed by atoms with E-state index < -0.39 is 0 Å². The summed E-state index contributed by atoms with van der Waals surface area (Å²) in [6.45, 7) is 0. The van der Waals surface area contributed by atoms with Gasteiger partial charge in [0.1, 0.15) is 0 Å². The number of rotatable bonds is 3. The highest BCUT2D eigenvalue weighted by Crippen LogP contribution is 2.52. The smallest absolute Gasteiger partial charge is 0.00388 e. The van der Waals surface area contributed by atoms with Gasteiger partial charge in [-0.2, -0.15) is 0 Å². The molecular formula is C25H24.